The normalized spacial score (nSPS) is 34.2. The van der Waals surface area contributed by atoms with Gasteiger partial charge in [-0.25, -0.2) is 0 Å². The van der Waals surface area contributed by atoms with Crippen LogP contribution in [0.2, 0.25) is 0 Å². The molecule has 1 atom stereocenters. The third-order valence-corrected chi connectivity index (χ3v) is 3.08. The molecule has 1 aliphatic heterocycles. The molecule has 0 aromatic carbocycles. The molecule has 16 heavy (non-hydrogen) atoms. The molecule has 1 saturated heterocycles. The summed E-state index contributed by atoms with van der Waals surface area (Å²) in [7, 11) is 0. The van der Waals surface area contributed by atoms with Crippen LogP contribution in [-0.2, 0) is 14.3 Å². The molecular weight excluding hydrogens is 208 g/mol. The van der Waals surface area contributed by atoms with Gasteiger partial charge in [0.05, 0.1) is 19.3 Å². The van der Waals surface area contributed by atoms with Crippen molar-refractivity contribution in [2.24, 2.45) is 0 Å². The molecule has 0 spiro atoms. The van der Waals surface area contributed by atoms with Gasteiger partial charge in [0.1, 0.15) is 6.04 Å². The third kappa shape index (κ3) is 2.93. The topological polar surface area (TPSA) is 59.6 Å². The Hall–Kier alpha value is -0.650. The van der Waals surface area contributed by atoms with E-state index < -0.39 is 0 Å². The highest BCUT2D eigenvalue weighted by molar-refractivity contribution is 5.82. The van der Waals surface area contributed by atoms with Crippen molar-refractivity contribution in [3.63, 3.8) is 0 Å². The minimum Gasteiger partial charge on any atom is -0.378 e. The number of amides is 1. The average Bonchev–Trinajstić information content (AvgIpc) is 2.27. The van der Waals surface area contributed by atoms with Gasteiger partial charge < -0.3 is 20.1 Å². The van der Waals surface area contributed by atoms with Crippen LogP contribution in [0.25, 0.3) is 0 Å². The first-order valence-corrected chi connectivity index (χ1v) is 6.02. The minimum atomic E-state index is -0.181. The summed E-state index contributed by atoms with van der Waals surface area (Å²) in [6.07, 6.45) is 2.21. The summed E-state index contributed by atoms with van der Waals surface area (Å²) in [5.41, 5.74) is 0. The zero-order valence-corrected chi connectivity index (χ0v) is 9.70. The van der Waals surface area contributed by atoms with E-state index in [-0.39, 0.29) is 18.0 Å². The van der Waals surface area contributed by atoms with Crippen molar-refractivity contribution in [3.05, 3.63) is 0 Å². The van der Waals surface area contributed by atoms with E-state index >= 15 is 0 Å². The van der Waals surface area contributed by atoms with Gasteiger partial charge in [0.2, 0.25) is 5.91 Å². The van der Waals surface area contributed by atoms with Crippen molar-refractivity contribution >= 4 is 5.91 Å². The van der Waals surface area contributed by atoms with E-state index in [4.69, 9.17) is 9.47 Å². The third-order valence-electron chi connectivity index (χ3n) is 3.08. The summed E-state index contributed by atoms with van der Waals surface area (Å²) in [5.74, 6) is 0.0552. The summed E-state index contributed by atoms with van der Waals surface area (Å²) >= 11 is 0. The van der Waals surface area contributed by atoms with E-state index in [2.05, 4.69) is 10.6 Å². The first kappa shape index (κ1) is 11.8. The van der Waals surface area contributed by atoms with Crippen molar-refractivity contribution in [2.75, 3.05) is 26.4 Å². The minimum absolute atomic E-state index is 0.0552. The van der Waals surface area contributed by atoms with Crippen molar-refractivity contribution < 1.29 is 14.3 Å². The fourth-order valence-electron chi connectivity index (χ4n) is 2.09. The lowest BCUT2D eigenvalue weighted by Crippen LogP contribution is -2.56. The van der Waals surface area contributed by atoms with Crippen molar-refractivity contribution in [2.45, 2.75) is 38.0 Å². The van der Waals surface area contributed by atoms with Crippen LogP contribution in [-0.4, -0.2) is 50.5 Å². The van der Waals surface area contributed by atoms with Gasteiger partial charge in [-0.1, -0.05) is 0 Å². The second-order valence-corrected chi connectivity index (χ2v) is 4.34. The van der Waals surface area contributed by atoms with Gasteiger partial charge in [-0.3, -0.25) is 4.79 Å². The van der Waals surface area contributed by atoms with Crippen LogP contribution < -0.4 is 10.6 Å². The fourth-order valence-corrected chi connectivity index (χ4v) is 2.09. The standard InChI is InChI=1S/C11H20N2O3/c1-2-16-9-5-8(6-9)13-11(14)10-7-15-4-3-12-10/h8-10,12H,2-7H2,1H3,(H,13,14). The Bertz CT molecular complexity index is 235. The Balaban J connectivity index is 1.64. The lowest BCUT2D eigenvalue weighted by molar-refractivity contribution is -0.128. The van der Waals surface area contributed by atoms with Crippen LogP contribution in [0, 0.1) is 0 Å². The molecule has 0 aromatic heterocycles. The fraction of sp³-hybridized carbons (Fsp3) is 0.909. The predicted octanol–water partition coefficient (Wildman–Crippen LogP) is -0.341. The van der Waals surface area contributed by atoms with Gasteiger partial charge in [0, 0.05) is 19.2 Å². The van der Waals surface area contributed by atoms with Crippen molar-refractivity contribution in [3.8, 4) is 0 Å². The second kappa shape index (κ2) is 5.61. The second-order valence-electron chi connectivity index (χ2n) is 4.34. The van der Waals surface area contributed by atoms with Crippen LogP contribution >= 0.6 is 0 Å². The maximum absolute atomic E-state index is 11.8. The molecule has 1 heterocycles. The zero-order chi connectivity index (χ0) is 11.4. The Morgan fingerprint density at radius 2 is 2.38 bits per heavy atom. The number of hydrogen-bond acceptors (Lipinski definition) is 4. The molecule has 2 N–H and O–H groups in total. The van der Waals surface area contributed by atoms with Crippen molar-refractivity contribution in [1.82, 2.24) is 10.6 Å². The summed E-state index contributed by atoms with van der Waals surface area (Å²) < 4.78 is 10.7. The van der Waals surface area contributed by atoms with Crippen LogP contribution in [0.5, 0.6) is 0 Å². The lowest BCUT2D eigenvalue weighted by atomic mass is 9.89. The van der Waals surface area contributed by atoms with E-state index in [9.17, 15) is 4.79 Å². The SMILES string of the molecule is CCOC1CC(NC(=O)C2COCCN2)C1. The Labute approximate surface area is 95.9 Å². The molecule has 2 fully saturated rings. The van der Waals surface area contributed by atoms with Crippen molar-refractivity contribution in [1.29, 1.82) is 0 Å². The largest absolute Gasteiger partial charge is 0.378 e. The molecule has 1 amide bonds. The van der Waals surface area contributed by atoms with E-state index in [0.717, 1.165) is 26.0 Å². The average molecular weight is 228 g/mol. The molecule has 0 radical (unpaired) electrons. The van der Waals surface area contributed by atoms with E-state index in [1.54, 1.807) is 0 Å². The highest BCUT2D eigenvalue weighted by Gasteiger charge is 2.32. The highest BCUT2D eigenvalue weighted by Crippen LogP contribution is 2.23. The van der Waals surface area contributed by atoms with E-state index in [1.165, 1.54) is 0 Å². The summed E-state index contributed by atoms with van der Waals surface area (Å²) in [5, 5.41) is 6.15. The first-order valence-electron chi connectivity index (χ1n) is 6.02. The summed E-state index contributed by atoms with van der Waals surface area (Å²) in [6.45, 7) is 4.68. The Morgan fingerprint density at radius 3 is 3.00 bits per heavy atom. The molecule has 92 valence electrons. The predicted molar refractivity (Wildman–Crippen MR) is 59.2 cm³/mol. The number of hydrogen-bond donors (Lipinski definition) is 2. The molecule has 2 rings (SSSR count). The molecular formula is C11H20N2O3. The lowest BCUT2D eigenvalue weighted by Gasteiger charge is -2.36. The van der Waals surface area contributed by atoms with Crippen LogP contribution in [0.3, 0.4) is 0 Å². The number of carbonyl (C=O) groups excluding carboxylic acids is 1. The summed E-state index contributed by atoms with van der Waals surface area (Å²) in [4.78, 5) is 11.8. The monoisotopic (exact) mass is 228 g/mol. The first-order chi connectivity index (χ1) is 7.79. The van der Waals surface area contributed by atoms with Gasteiger partial charge in [-0.15, -0.1) is 0 Å². The van der Waals surface area contributed by atoms with Gasteiger partial charge in [-0.05, 0) is 19.8 Å². The van der Waals surface area contributed by atoms with Crippen LogP contribution in [0.15, 0.2) is 0 Å². The summed E-state index contributed by atoms with van der Waals surface area (Å²) in [6, 6.07) is 0.104. The molecule has 1 aliphatic carbocycles. The molecule has 5 heteroatoms. The molecule has 1 saturated carbocycles. The molecule has 1 unspecified atom stereocenters. The quantitative estimate of drug-likeness (QED) is 0.691. The van der Waals surface area contributed by atoms with Crippen LogP contribution in [0.1, 0.15) is 19.8 Å². The highest BCUT2D eigenvalue weighted by atomic mass is 16.5. The van der Waals surface area contributed by atoms with Gasteiger partial charge >= 0.3 is 0 Å². The molecule has 5 nitrogen and oxygen atoms in total. The maximum atomic E-state index is 11.8. The Kier molecular flexibility index (Phi) is 4.15. The van der Waals surface area contributed by atoms with E-state index in [1.807, 2.05) is 6.92 Å². The van der Waals surface area contributed by atoms with Crippen LogP contribution in [0.4, 0.5) is 0 Å². The van der Waals surface area contributed by atoms with Gasteiger partial charge in [0.25, 0.3) is 0 Å². The molecule has 2 aliphatic rings. The Morgan fingerprint density at radius 1 is 1.56 bits per heavy atom. The smallest absolute Gasteiger partial charge is 0.239 e. The zero-order valence-electron chi connectivity index (χ0n) is 9.70. The number of carbonyl (C=O) groups is 1. The van der Waals surface area contributed by atoms with Gasteiger partial charge in [-0.2, -0.15) is 0 Å². The van der Waals surface area contributed by atoms with Gasteiger partial charge in [0.15, 0.2) is 0 Å². The molecule has 0 aromatic rings. The number of morpholine rings is 1. The maximum Gasteiger partial charge on any atom is 0.239 e. The number of ether oxygens (including phenoxy) is 2. The molecule has 0 bridgehead atoms. The number of rotatable bonds is 4. The number of nitrogens with one attached hydrogen (secondary N) is 2. The van der Waals surface area contributed by atoms with E-state index in [0.29, 0.717) is 19.3 Å².